The molecule has 0 fully saturated rings. The Labute approximate surface area is 143 Å². The van der Waals surface area contributed by atoms with Crippen molar-refractivity contribution in [2.24, 2.45) is 0 Å². The topological polar surface area (TPSA) is 76.1 Å². The number of methoxy groups -OCH3 is 1. The fourth-order valence-corrected chi connectivity index (χ4v) is 2.71. The van der Waals surface area contributed by atoms with E-state index < -0.39 is 0 Å². The van der Waals surface area contributed by atoms with Gasteiger partial charge in [-0.05, 0) is 41.4 Å². The molecule has 2 aromatic rings. The third kappa shape index (κ3) is 4.41. The molecule has 0 spiro atoms. The Balaban J connectivity index is 2.15. The van der Waals surface area contributed by atoms with E-state index in [1.165, 1.54) is 0 Å². The van der Waals surface area contributed by atoms with Gasteiger partial charge in [-0.1, -0.05) is 6.07 Å². The van der Waals surface area contributed by atoms with E-state index in [-0.39, 0.29) is 12.3 Å². The van der Waals surface area contributed by atoms with Crippen LogP contribution in [0, 0.1) is 6.92 Å². The first-order valence-electron chi connectivity index (χ1n) is 7.23. The summed E-state index contributed by atoms with van der Waals surface area (Å²) in [6.07, 6.45) is 1.93. The first-order chi connectivity index (χ1) is 11.0. The molecule has 0 unspecified atom stereocenters. The molecular weight excluding hydrogens is 360 g/mol. The van der Waals surface area contributed by atoms with E-state index in [4.69, 9.17) is 4.74 Å². The summed E-state index contributed by atoms with van der Waals surface area (Å²) in [7, 11) is 1.55. The highest BCUT2D eigenvalue weighted by atomic mass is 79.9. The Morgan fingerprint density at radius 2 is 2.22 bits per heavy atom. The van der Waals surface area contributed by atoms with Gasteiger partial charge in [0.15, 0.2) is 0 Å². The number of rotatable bonds is 6. The average molecular weight is 379 g/mol. The highest BCUT2D eigenvalue weighted by Crippen LogP contribution is 2.28. The smallest absolute Gasteiger partial charge is 0.229 e. The van der Waals surface area contributed by atoms with Crippen LogP contribution in [0.4, 0.5) is 11.5 Å². The minimum Gasteiger partial charge on any atom is -0.481 e. The van der Waals surface area contributed by atoms with Crippen LogP contribution < -0.4 is 15.4 Å². The van der Waals surface area contributed by atoms with Gasteiger partial charge in [0, 0.05) is 24.4 Å². The van der Waals surface area contributed by atoms with E-state index in [1.54, 1.807) is 19.4 Å². The summed E-state index contributed by atoms with van der Waals surface area (Å²) in [5.41, 5.74) is 2.36. The molecular formula is C16H19BrN4O2. The molecule has 2 rings (SSSR count). The number of pyridine rings is 2. The summed E-state index contributed by atoms with van der Waals surface area (Å²) < 4.78 is 5.65. The highest BCUT2D eigenvalue weighted by Gasteiger charge is 2.14. The molecule has 0 bridgehead atoms. The van der Waals surface area contributed by atoms with Crippen molar-refractivity contribution in [3.63, 3.8) is 0 Å². The van der Waals surface area contributed by atoms with Gasteiger partial charge in [-0.2, -0.15) is 0 Å². The third-order valence-corrected chi connectivity index (χ3v) is 3.78. The second kappa shape index (κ2) is 7.92. The molecule has 1 amide bonds. The van der Waals surface area contributed by atoms with E-state index in [1.807, 2.05) is 26.0 Å². The SMILES string of the molecule is CCNc1ncccc1CC(=O)Nc1c(C)cc(OC)nc1Br. The predicted octanol–water partition coefficient (Wildman–Crippen LogP) is 3.17. The number of amides is 1. The molecule has 0 saturated heterocycles. The minimum absolute atomic E-state index is 0.132. The number of anilines is 2. The second-order valence-electron chi connectivity index (χ2n) is 4.91. The van der Waals surface area contributed by atoms with Crippen molar-refractivity contribution in [1.82, 2.24) is 9.97 Å². The fourth-order valence-electron chi connectivity index (χ4n) is 2.12. The predicted molar refractivity (Wildman–Crippen MR) is 94.0 cm³/mol. The number of aromatic nitrogens is 2. The van der Waals surface area contributed by atoms with Crippen LogP contribution in [0.2, 0.25) is 0 Å². The van der Waals surface area contributed by atoms with Crippen LogP contribution in [0.15, 0.2) is 29.0 Å². The third-order valence-electron chi connectivity index (χ3n) is 3.21. The van der Waals surface area contributed by atoms with Crippen molar-refractivity contribution in [2.75, 3.05) is 24.3 Å². The summed E-state index contributed by atoms with van der Waals surface area (Å²) >= 11 is 3.36. The molecule has 0 aliphatic carbocycles. The number of carbonyl (C=O) groups is 1. The van der Waals surface area contributed by atoms with Gasteiger partial charge in [-0.3, -0.25) is 4.79 Å². The molecule has 6 nitrogen and oxygen atoms in total. The van der Waals surface area contributed by atoms with Crippen LogP contribution in [-0.4, -0.2) is 29.5 Å². The number of aryl methyl sites for hydroxylation is 1. The van der Waals surface area contributed by atoms with Crippen LogP contribution >= 0.6 is 15.9 Å². The van der Waals surface area contributed by atoms with Crippen LogP contribution in [0.25, 0.3) is 0 Å². The monoisotopic (exact) mass is 378 g/mol. The lowest BCUT2D eigenvalue weighted by Gasteiger charge is -2.13. The average Bonchev–Trinajstić information content (AvgIpc) is 2.53. The number of carbonyl (C=O) groups excluding carboxylic acids is 1. The van der Waals surface area contributed by atoms with Crippen molar-refractivity contribution in [2.45, 2.75) is 20.3 Å². The highest BCUT2D eigenvalue weighted by molar-refractivity contribution is 9.10. The number of hydrogen-bond acceptors (Lipinski definition) is 5. The van der Waals surface area contributed by atoms with Gasteiger partial charge in [0.1, 0.15) is 10.4 Å². The molecule has 0 atom stereocenters. The van der Waals surface area contributed by atoms with Gasteiger partial charge in [0.25, 0.3) is 0 Å². The molecule has 2 aromatic heterocycles. The van der Waals surface area contributed by atoms with Crippen molar-refractivity contribution >= 4 is 33.3 Å². The van der Waals surface area contributed by atoms with E-state index >= 15 is 0 Å². The lowest BCUT2D eigenvalue weighted by Crippen LogP contribution is -2.17. The lowest BCUT2D eigenvalue weighted by atomic mass is 10.1. The molecule has 0 aromatic carbocycles. The molecule has 2 heterocycles. The first kappa shape index (κ1) is 17.2. The van der Waals surface area contributed by atoms with Crippen molar-refractivity contribution < 1.29 is 9.53 Å². The molecule has 23 heavy (non-hydrogen) atoms. The number of halogens is 1. The lowest BCUT2D eigenvalue weighted by molar-refractivity contribution is -0.115. The standard InChI is InChI=1S/C16H19BrN4O2/c1-4-18-16-11(6-5-7-19-16)9-12(22)20-14-10(2)8-13(23-3)21-15(14)17/h5-8H,4,9H2,1-3H3,(H,18,19)(H,20,22). The van der Waals surface area contributed by atoms with Gasteiger partial charge in [0.05, 0.1) is 19.2 Å². The van der Waals surface area contributed by atoms with Crippen LogP contribution in [-0.2, 0) is 11.2 Å². The van der Waals surface area contributed by atoms with Gasteiger partial charge >= 0.3 is 0 Å². The Morgan fingerprint density at radius 1 is 1.43 bits per heavy atom. The van der Waals surface area contributed by atoms with Crippen LogP contribution in [0.5, 0.6) is 5.88 Å². The zero-order valence-electron chi connectivity index (χ0n) is 13.3. The summed E-state index contributed by atoms with van der Waals surface area (Å²) in [4.78, 5) is 20.8. The van der Waals surface area contributed by atoms with Crippen molar-refractivity contribution in [3.8, 4) is 5.88 Å². The van der Waals surface area contributed by atoms with Crippen molar-refractivity contribution in [1.29, 1.82) is 0 Å². The second-order valence-corrected chi connectivity index (χ2v) is 5.66. The van der Waals surface area contributed by atoms with E-state index in [2.05, 4.69) is 36.5 Å². The van der Waals surface area contributed by atoms with Gasteiger partial charge in [-0.15, -0.1) is 0 Å². The Morgan fingerprint density at radius 3 is 2.87 bits per heavy atom. The quantitative estimate of drug-likeness (QED) is 0.754. The molecule has 0 saturated carbocycles. The summed E-state index contributed by atoms with van der Waals surface area (Å²) in [6, 6.07) is 5.48. The molecule has 7 heteroatoms. The minimum atomic E-state index is -0.132. The molecule has 2 N–H and O–H groups in total. The van der Waals surface area contributed by atoms with E-state index in [0.717, 1.165) is 23.5 Å². The summed E-state index contributed by atoms with van der Waals surface area (Å²) in [5.74, 6) is 1.09. The number of ether oxygens (including phenoxy) is 1. The fraction of sp³-hybridized carbons (Fsp3) is 0.312. The molecule has 0 aliphatic rings. The zero-order valence-corrected chi connectivity index (χ0v) is 14.9. The maximum absolute atomic E-state index is 12.4. The van der Waals surface area contributed by atoms with Crippen LogP contribution in [0.3, 0.4) is 0 Å². The molecule has 0 aliphatic heterocycles. The van der Waals surface area contributed by atoms with E-state index in [0.29, 0.717) is 16.2 Å². The summed E-state index contributed by atoms with van der Waals surface area (Å²) in [5, 5.41) is 6.04. The van der Waals surface area contributed by atoms with Crippen LogP contribution in [0.1, 0.15) is 18.1 Å². The zero-order chi connectivity index (χ0) is 16.8. The van der Waals surface area contributed by atoms with Crippen molar-refractivity contribution in [3.05, 3.63) is 40.1 Å². The molecule has 0 radical (unpaired) electrons. The Kier molecular flexibility index (Phi) is 5.92. The van der Waals surface area contributed by atoms with Gasteiger partial charge in [-0.25, -0.2) is 9.97 Å². The Bertz CT molecular complexity index is 683. The number of nitrogens with zero attached hydrogens (tertiary/aromatic N) is 2. The maximum Gasteiger partial charge on any atom is 0.229 e. The largest absolute Gasteiger partial charge is 0.481 e. The van der Waals surface area contributed by atoms with Gasteiger partial charge < -0.3 is 15.4 Å². The summed E-state index contributed by atoms with van der Waals surface area (Å²) in [6.45, 7) is 4.62. The van der Waals surface area contributed by atoms with Gasteiger partial charge in [0.2, 0.25) is 11.8 Å². The Hall–Kier alpha value is -2.15. The number of nitrogens with one attached hydrogen (secondary N) is 2. The first-order valence-corrected chi connectivity index (χ1v) is 8.03. The normalized spacial score (nSPS) is 10.3. The van der Waals surface area contributed by atoms with E-state index in [9.17, 15) is 4.79 Å². The maximum atomic E-state index is 12.4. The molecule has 122 valence electrons. The number of hydrogen-bond donors (Lipinski definition) is 2.